The van der Waals surface area contributed by atoms with E-state index < -0.39 is 18.1 Å². The van der Waals surface area contributed by atoms with Gasteiger partial charge in [-0.25, -0.2) is 4.79 Å². The summed E-state index contributed by atoms with van der Waals surface area (Å²) in [6, 6.07) is 15.8. The third-order valence-corrected chi connectivity index (χ3v) is 7.21. The van der Waals surface area contributed by atoms with Gasteiger partial charge in [0.15, 0.2) is 0 Å². The van der Waals surface area contributed by atoms with Gasteiger partial charge in [-0.15, -0.1) is 0 Å². The summed E-state index contributed by atoms with van der Waals surface area (Å²) in [5.41, 5.74) is 4.31. The maximum absolute atomic E-state index is 12.8. The molecule has 7 heteroatoms. The zero-order valence-corrected chi connectivity index (χ0v) is 20.5. The van der Waals surface area contributed by atoms with Crippen LogP contribution in [0.4, 0.5) is 4.79 Å². The van der Waals surface area contributed by atoms with Gasteiger partial charge in [0.2, 0.25) is 5.91 Å². The van der Waals surface area contributed by atoms with Crippen LogP contribution in [0.3, 0.4) is 0 Å². The fourth-order valence-corrected chi connectivity index (χ4v) is 5.20. The van der Waals surface area contributed by atoms with Gasteiger partial charge in [0, 0.05) is 23.9 Å². The van der Waals surface area contributed by atoms with Crippen molar-refractivity contribution >= 4 is 18.0 Å². The van der Waals surface area contributed by atoms with Crippen LogP contribution in [0.1, 0.15) is 63.5 Å². The molecule has 2 aromatic rings. The number of rotatable bonds is 7. The summed E-state index contributed by atoms with van der Waals surface area (Å²) in [6.45, 7) is 5.99. The van der Waals surface area contributed by atoms with Crippen LogP contribution in [0.15, 0.2) is 48.5 Å². The third kappa shape index (κ3) is 5.66. The van der Waals surface area contributed by atoms with Crippen LogP contribution in [0.5, 0.6) is 0 Å². The first-order valence-corrected chi connectivity index (χ1v) is 12.3. The first kappa shape index (κ1) is 24.8. The monoisotopic (exact) mass is 478 g/mol. The van der Waals surface area contributed by atoms with E-state index in [9.17, 15) is 19.5 Å². The number of carbonyl (C=O) groups is 3. The predicted octanol–water partition coefficient (Wildman–Crippen LogP) is 4.70. The first-order chi connectivity index (χ1) is 16.6. The van der Waals surface area contributed by atoms with Crippen LogP contribution >= 0.6 is 0 Å². The number of aliphatic carboxylic acids is 1. The third-order valence-electron chi connectivity index (χ3n) is 7.21. The minimum Gasteiger partial charge on any atom is -0.481 e. The molecule has 35 heavy (non-hydrogen) atoms. The van der Waals surface area contributed by atoms with Crippen molar-refractivity contribution in [3.8, 4) is 11.1 Å². The zero-order chi connectivity index (χ0) is 25.2. The molecule has 7 nitrogen and oxygen atoms in total. The number of hydrogen-bond acceptors (Lipinski definition) is 4. The zero-order valence-electron chi connectivity index (χ0n) is 20.5. The van der Waals surface area contributed by atoms with E-state index in [1.165, 1.54) is 11.1 Å². The molecule has 0 heterocycles. The summed E-state index contributed by atoms with van der Waals surface area (Å²) in [7, 11) is 0. The van der Waals surface area contributed by atoms with Gasteiger partial charge < -0.3 is 20.5 Å². The average Bonchev–Trinajstić information content (AvgIpc) is 3.39. The molecule has 0 aliphatic heterocycles. The van der Waals surface area contributed by atoms with Crippen molar-refractivity contribution in [1.29, 1.82) is 0 Å². The molecule has 2 aliphatic rings. The molecule has 1 fully saturated rings. The Kier molecular flexibility index (Phi) is 7.15. The highest BCUT2D eigenvalue weighted by atomic mass is 16.5. The number of carboxylic acid groups (broad SMARTS) is 1. The Morgan fingerprint density at radius 1 is 1.00 bits per heavy atom. The summed E-state index contributed by atoms with van der Waals surface area (Å²) in [4.78, 5) is 36.6. The number of fused-ring (bicyclic) bond motifs is 3. The molecule has 0 radical (unpaired) electrons. The quantitative estimate of drug-likeness (QED) is 0.535. The fraction of sp³-hybridized carbons (Fsp3) is 0.464. The van der Waals surface area contributed by atoms with Crippen LogP contribution < -0.4 is 10.6 Å². The number of ether oxygens (including phenoxy) is 1. The first-order valence-electron chi connectivity index (χ1n) is 12.3. The lowest BCUT2D eigenvalue weighted by Crippen LogP contribution is -2.47. The smallest absolute Gasteiger partial charge is 0.407 e. The second kappa shape index (κ2) is 10.1. The molecule has 2 amide bonds. The van der Waals surface area contributed by atoms with Crippen molar-refractivity contribution in [3.63, 3.8) is 0 Å². The minimum absolute atomic E-state index is 0.00109. The lowest BCUT2D eigenvalue weighted by Gasteiger charge is -2.31. The van der Waals surface area contributed by atoms with Crippen LogP contribution in [0.2, 0.25) is 0 Å². The van der Waals surface area contributed by atoms with Gasteiger partial charge in [-0.05, 0) is 46.9 Å². The SMILES string of the molecule is CC(C)(C)C(CC(=O)O)NC(=O)C1CCC(NC(=O)OCC2c3ccccc3-c3ccccc32)C1. The lowest BCUT2D eigenvalue weighted by atomic mass is 9.84. The van der Waals surface area contributed by atoms with Crippen molar-refractivity contribution in [1.82, 2.24) is 10.6 Å². The molecular formula is C28H34N2O5. The van der Waals surface area contributed by atoms with Crippen LogP contribution in [0, 0.1) is 11.3 Å². The minimum atomic E-state index is -0.938. The van der Waals surface area contributed by atoms with E-state index >= 15 is 0 Å². The van der Waals surface area contributed by atoms with Crippen LogP contribution in [-0.2, 0) is 14.3 Å². The summed E-state index contributed by atoms with van der Waals surface area (Å²) in [5, 5.41) is 15.0. The van der Waals surface area contributed by atoms with Crippen molar-refractivity contribution < 1.29 is 24.2 Å². The topological polar surface area (TPSA) is 105 Å². The second-order valence-corrected chi connectivity index (χ2v) is 10.7. The Hall–Kier alpha value is -3.35. The predicted molar refractivity (Wildman–Crippen MR) is 133 cm³/mol. The normalized spacial score (nSPS) is 20.0. The molecule has 3 atom stereocenters. The lowest BCUT2D eigenvalue weighted by molar-refractivity contribution is -0.138. The molecule has 2 aliphatic carbocycles. The van der Waals surface area contributed by atoms with Gasteiger partial charge in [-0.3, -0.25) is 9.59 Å². The van der Waals surface area contributed by atoms with E-state index in [0.29, 0.717) is 19.3 Å². The highest BCUT2D eigenvalue weighted by Crippen LogP contribution is 2.44. The summed E-state index contributed by atoms with van der Waals surface area (Å²) in [5.74, 6) is -1.35. The molecule has 0 saturated heterocycles. The maximum atomic E-state index is 12.8. The molecule has 4 rings (SSSR count). The molecule has 1 saturated carbocycles. The van der Waals surface area contributed by atoms with Crippen molar-refractivity contribution in [3.05, 3.63) is 59.7 Å². The van der Waals surface area contributed by atoms with Crippen LogP contribution in [0.25, 0.3) is 11.1 Å². The van der Waals surface area contributed by atoms with Crippen molar-refractivity contribution in [2.24, 2.45) is 11.3 Å². The number of amides is 2. The Bertz CT molecular complexity index is 1060. The molecular weight excluding hydrogens is 444 g/mol. The molecule has 186 valence electrons. The largest absolute Gasteiger partial charge is 0.481 e. The van der Waals surface area contributed by atoms with E-state index in [4.69, 9.17) is 4.74 Å². The van der Waals surface area contributed by atoms with E-state index in [-0.39, 0.29) is 42.2 Å². The van der Waals surface area contributed by atoms with Gasteiger partial charge in [-0.1, -0.05) is 69.3 Å². The second-order valence-electron chi connectivity index (χ2n) is 10.7. The highest BCUT2D eigenvalue weighted by Gasteiger charge is 2.35. The molecule has 0 aromatic heterocycles. The summed E-state index contributed by atoms with van der Waals surface area (Å²) < 4.78 is 5.63. The number of benzene rings is 2. The van der Waals surface area contributed by atoms with Gasteiger partial charge in [0.25, 0.3) is 0 Å². The van der Waals surface area contributed by atoms with E-state index in [1.807, 2.05) is 45.0 Å². The van der Waals surface area contributed by atoms with Gasteiger partial charge in [0.1, 0.15) is 6.61 Å². The van der Waals surface area contributed by atoms with E-state index in [1.54, 1.807) is 0 Å². The van der Waals surface area contributed by atoms with Gasteiger partial charge >= 0.3 is 12.1 Å². The molecule has 3 unspecified atom stereocenters. The van der Waals surface area contributed by atoms with E-state index in [2.05, 4.69) is 34.9 Å². The van der Waals surface area contributed by atoms with Crippen molar-refractivity contribution in [2.75, 3.05) is 6.61 Å². The Morgan fingerprint density at radius 2 is 1.60 bits per heavy atom. The Morgan fingerprint density at radius 3 is 2.17 bits per heavy atom. The average molecular weight is 479 g/mol. The number of carbonyl (C=O) groups excluding carboxylic acids is 2. The molecule has 3 N–H and O–H groups in total. The number of hydrogen-bond donors (Lipinski definition) is 3. The molecule has 0 bridgehead atoms. The molecule has 0 spiro atoms. The van der Waals surface area contributed by atoms with Gasteiger partial charge in [0.05, 0.1) is 6.42 Å². The maximum Gasteiger partial charge on any atom is 0.407 e. The Labute approximate surface area is 206 Å². The fourth-order valence-electron chi connectivity index (χ4n) is 5.20. The molecule has 2 aromatic carbocycles. The summed E-state index contributed by atoms with van der Waals surface area (Å²) >= 11 is 0. The van der Waals surface area contributed by atoms with Gasteiger partial charge in [-0.2, -0.15) is 0 Å². The number of carboxylic acids is 1. The number of alkyl carbamates (subject to hydrolysis) is 1. The van der Waals surface area contributed by atoms with Crippen molar-refractivity contribution in [2.45, 2.75) is 64.5 Å². The van der Waals surface area contributed by atoms with E-state index in [0.717, 1.165) is 11.1 Å². The van der Waals surface area contributed by atoms with Crippen LogP contribution in [-0.4, -0.2) is 41.8 Å². The summed E-state index contributed by atoms with van der Waals surface area (Å²) in [6.07, 6.45) is 1.24. The number of nitrogens with one attached hydrogen (secondary N) is 2. The Balaban J connectivity index is 1.29. The standard InChI is InChI=1S/C28H34N2O5/c1-28(2,3)24(15-25(31)32)30-26(33)17-12-13-18(14-17)29-27(34)35-16-23-21-10-6-4-8-19(21)20-9-5-7-11-22(20)23/h4-11,17-18,23-24H,12-16H2,1-3H3,(H,29,34)(H,30,33)(H,31,32). The highest BCUT2D eigenvalue weighted by molar-refractivity contribution is 5.81.